The van der Waals surface area contributed by atoms with Gasteiger partial charge in [0.15, 0.2) is 0 Å². The molecule has 13 nitrogen and oxygen atoms in total. The number of benzene rings is 2. The molecule has 0 amide bonds. The fourth-order valence-electron chi connectivity index (χ4n) is 5.90. The summed E-state index contributed by atoms with van der Waals surface area (Å²) in [6.45, 7) is 4.10. The highest BCUT2D eigenvalue weighted by atomic mass is 16.6. The Balaban J connectivity index is 1.37. The smallest absolute Gasteiger partial charge is 0.334 e. The van der Waals surface area contributed by atoms with E-state index in [1.165, 1.54) is 24.3 Å². The Kier molecular flexibility index (Phi) is 10.4. The van der Waals surface area contributed by atoms with E-state index in [9.17, 15) is 45.2 Å². The number of non-ortho nitro benzene ring substituents is 1. The third-order valence-corrected chi connectivity index (χ3v) is 8.10. The number of aliphatic carboxylic acids is 2. The number of aliphatic hydroxyl groups is 3. The third kappa shape index (κ3) is 7.08. The summed E-state index contributed by atoms with van der Waals surface area (Å²) < 4.78 is 5.81. The van der Waals surface area contributed by atoms with Gasteiger partial charge in [-0.1, -0.05) is 24.3 Å². The Morgan fingerprint density at radius 3 is 2.32 bits per heavy atom. The van der Waals surface area contributed by atoms with Crippen LogP contribution in [-0.2, 0) is 22.4 Å². The van der Waals surface area contributed by atoms with Gasteiger partial charge in [0.25, 0.3) is 5.69 Å². The van der Waals surface area contributed by atoms with Gasteiger partial charge in [-0.3, -0.25) is 10.1 Å². The van der Waals surface area contributed by atoms with Crippen molar-refractivity contribution in [2.75, 3.05) is 26.2 Å². The largest absolute Gasteiger partial charge is 0.491 e. The van der Waals surface area contributed by atoms with Gasteiger partial charge in [-0.05, 0) is 44.0 Å². The summed E-state index contributed by atoms with van der Waals surface area (Å²) in [4.78, 5) is 37.2. The Bertz CT molecular complexity index is 1450. The van der Waals surface area contributed by atoms with Gasteiger partial charge in [-0.25, -0.2) is 9.59 Å². The molecule has 13 heteroatoms. The minimum atomic E-state index is -1.32. The second-order valence-corrected chi connectivity index (χ2v) is 11.0. The first-order valence-electron chi connectivity index (χ1n) is 14.3. The molecule has 1 aliphatic carbocycles. The number of nitro benzene ring substituents is 1. The number of ether oxygens (including phenoxy) is 1. The van der Waals surface area contributed by atoms with Gasteiger partial charge in [0.1, 0.15) is 18.5 Å². The van der Waals surface area contributed by atoms with Gasteiger partial charge in [-0.2, -0.15) is 0 Å². The van der Waals surface area contributed by atoms with Gasteiger partial charge in [-0.15, -0.1) is 0 Å². The summed E-state index contributed by atoms with van der Waals surface area (Å²) in [5.41, 5.74) is 1.99. The number of carboxylic acids is 2. The summed E-state index contributed by atoms with van der Waals surface area (Å²) in [6.07, 6.45) is -1.48. The van der Waals surface area contributed by atoms with E-state index in [0.29, 0.717) is 36.5 Å². The number of fused-ring (bicyclic) bond motifs is 1. The van der Waals surface area contributed by atoms with Gasteiger partial charge in [0.05, 0.1) is 34.2 Å². The SMILES string of the molecule is CC1=C(C(=O)O)C(c2cccc([N+](=O)[O-])c2)C(C(=O)O)=C(C)N1CCCNCC(O)COc1cccc2c1C[C@H](O)[C@H](O)C2. The number of nitro groups is 1. The lowest BCUT2D eigenvalue weighted by Crippen LogP contribution is -2.37. The van der Waals surface area contributed by atoms with E-state index in [4.69, 9.17) is 4.74 Å². The second kappa shape index (κ2) is 14.0. The molecule has 0 bridgehead atoms. The number of nitrogens with one attached hydrogen (secondary N) is 1. The minimum Gasteiger partial charge on any atom is -0.491 e. The van der Waals surface area contributed by atoms with Crippen LogP contribution in [0.4, 0.5) is 5.69 Å². The Hall–Kier alpha value is -4.30. The fourth-order valence-corrected chi connectivity index (χ4v) is 5.90. The first-order chi connectivity index (χ1) is 20.9. The Labute approximate surface area is 253 Å². The van der Waals surface area contributed by atoms with E-state index < -0.39 is 41.1 Å². The van der Waals surface area contributed by atoms with Gasteiger partial charge in [0.2, 0.25) is 0 Å². The molecule has 2 aliphatic rings. The first kappa shape index (κ1) is 32.6. The molecule has 1 unspecified atom stereocenters. The van der Waals surface area contributed by atoms with E-state index >= 15 is 0 Å². The van der Waals surface area contributed by atoms with Gasteiger partial charge >= 0.3 is 11.9 Å². The average molecular weight is 612 g/mol. The zero-order valence-electron chi connectivity index (χ0n) is 24.5. The molecule has 0 spiro atoms. The molecular weight excluding hydrogens is 574 g/mol. The maximum atomic E-state index is 12.4. The van der Waals surface area contributed by atoms with E-state index in [2.05, 4.69) is 5.32 Å². The van der Waals surface area contributed by atoms with E-state index in [1.807, 2.05) is 6.07 Å². The van der Waals surface area contributed by atoms with Crippen LogP contribution in [0.1, 0.15) is 42.9 Å². The van der Waals surface area contributed by atoms with E-state index in [-0.39, 0.29) is 48.5 Å². The standard InChI is InChI=1S/C31H37N3O10/c1-17-27(30(38)39)29(20-7-3-8-21(12-20)34(42)43)28(31(40)41)18(2)33(17)11-5-10-32-15-22(35)16-44-26-9-4-6-19-13-24(36)25(37)14-23(19)26/h3-4,6-9,12,22,24-25,29,32,35-37H,5,10-11,13-16H2,1-2H3,(H,38,39)(H,40,41)/t22?,24-,25+/m1/s1. The monoisotopic (exact) mass is 611 g/mol. The molecule has 0 saturated carbocycles. The Morgan fingerprint density at radius 2 is 1.68 bits per heavy atom. The van der Waals surface area contributed by atoms with Crippen molar-refractivity contribution in [2.45, 2.75) is 57.3 Å². The van der Waals surface area contributed by atoms with Crippen molar-refractivity contribution >= 4 is 17.6 Å². The molecule has 6 N–H and O–H groups in total. The predicted octanol–water partition coefficient (Wildman–Crippen LogP) is 1.95. The summed E-state index contributed by atoms with van der Waals surface area (Å²) >= 11 is 0. The fraction of sp³-hybridized carbons (Fsp3) is 0.419. The lowest BCUT2D eigenvalue weighted by atomic mass is 9.79. The van der Waals surface area contributed by atoms with Crippen LogP contribution in [0.15, 0.2) is 65.0 Å². The molecule has 0 aromatic heterocycles. The molecule has 0 fully saturated rings. The van der Waals surface area contributed by atoms with Crippen LogP contribution in [0.2, 0.25) is 0 Å². The molecule has 0 saturated heterocycles. The maximum Gasteiger partial charge on any atom is 0.334 e. The quantitative estimate of drug-likeness (QED) is 0.109. The molecule has 1 aliphatic heterocycles. The van der Waals surface area contributed by atoms with Crippen molar-refractivity contribution in [3.05, 3.63) is 91.8 Å². The highest BCUT2D eigenvalue weighted by molar-refractivity contribution is 5.98. The number of aliphatic hydroxyl groups excluding tert-OH is 3. The number of hydrogen-bond acceptors (Lipinski definition) is 10. The normalized spacial score (nSPS) is 19.5. The van der Waals surface area contributed by atoms with Crippen LogP contribution in [0, 0.1) is 10.1 Å². The van der Waals surface area contributed by atoms with Crippen molar-refractivity contribution in [1.82, 2.24) is 10.2 Å². The van der Waals surface area contributed by atoms with Crippen LogP contribution < -0.4 is 10.1 Å². The van der Waals surface area contributed by atoms with Crippen molar-refractivity contribution in [3.63, 3.8) is 0 Å². The topological polar surface area (TPSA) is 203 Å². The molecule has 2 aromatic rings. The number of hydrogen-bond donors (Lipinski definition) is 6. The molecule has 4 rings (SSSR count). The van der Waals surface area contributed by atoms with Gasteiger partial charge in [0, 0.05) is 55.0 Å². The van der Waals surface area contributed by atoms with Crippen molar-refractivity contribution in [1.29, 1.82) is 0 Å². The van der Waals surface area contributed by atoms with Crippen molar-refractivity contribution in [3.8, 4) is 5.75 Å². The molecule has 1 heterocycles. The summed E-state index contributed by atoms with van der Waals surface area (Å²) in [5, 5.41) is 65.1. The summed E-state index contributed by atoms with van der Waals surface area (Å²) in [6, 6.07) is 10.8. The highest BCUT2D eigenvalue weighted by Crippen LogP contribution is 2.42. The molecule has 2 aromatic carbocycles. The molecule has 3 atom stereocenters. The predicted molar refractivity (Wildman–Crippen MR) is 158 cm³/mol. The number of allylic oxidation sites excluding steroid dienone is 2. The van der Waals surface area contributed by atoms with E-state index in [1.54, 1.807) is 30.9 Å². The average Bonchev–Trinajstić information content (AvgIpc) is 2.97. The molecule has 236 valence electrons. The zero-order chi connectivity index (χ0) is 32.1. The lowest BCUT2D eigenvalue weighted by Gasteiger charge is -2.37. The van der Waals surface area contributed by atoms with Crippen LogP contribution in [-0.4, -0.2) is 91.8 Å². The first-order valence-corrected chi connectivity index (χ1v) is 14.3. The highest BCUT2D eigenvalue weighted by Gasteiger charge is 2.39. The van der Waals surface area contributed by atoms with Crippen molar-refractivity contribution in [2.24, 2.45) is 0 Å². The lowest BCUT2D eigenvalue weighted by molar-refractivity contribution is -0.384. The van der Waals surface area contributed by atoms with Crippen LogP contribution in [0.3, 0.4) is 0 Å². The second-order valence-electron chi connectivity index (χ2n) is 11.0. The third-order valence-electron chi connectivity index (χ3n) is 8.10. The zero-order valence-corrected chi connectivity index (χ0v) is 24.5. The maximum absolute atomic E-state index is 12.4. The van der Waals surface area contributed by atoms with Crippen LogP contribution >= 0.6 is 0 Å². The molecule has 0 radical (unpaired) electrons. The Morgan fingerprint density at radius 1 is 1.05 bits per heavy atom. The molecular formula is C31H37N3O10. The van der Waals surface area contributed by atoms with E-state index in [0.717, 1.165) is 11.1 Å². The molecule has 44 heavy (non-hydrogen) atoms. The van der Waals surface area contributed by atoms with Crippen LogP contribution in [0.25, 0.3) is 0 Å². The number of carboxylic acid groups (broad SMARTS) is 2. The minimum absolute atomic E-state index is 0.000891. The van der Waals surface area contributed by atoms with Crippen LogP contribution in [0.5, 0.6) is 5.75 Å². The summed E-state index contributed by atoms with van der Waals surface area (Å²) in [5.74, 6) is -3.28. The number of nitrogens with zero attached hydrogens (tertiary/aromatic N) is 2. The number of rotatable bonds is 13. The van der Waals surface area contributed by atoms with Crippen molar-refractivity contribution < 1.29 is 44.8 Å². The van der Waals surface area contributed by atoms with Gasteiger partial charge < -0.3 is 40.5 Å². The number of carbonyl (C=O) groups is 2. The summed E-state index contributed by atoms with van der Waals surface area (Å²) in [7, 11) is 0.